The number of ether oxygens (including phenoxy) is 1. The molecule has 9 nitrogen and oxygen atoms in total. The molecule has 1 amide bonds. The van der Waals surface area contributed by atoms with Crippen LogP contribution in [-0.4, -0.2) is 80.8 Å². The van der Waals surface area contributed by atoms with Crippen LogP contribution >= 0.6 is 0 Å². The monoisotopic (exact) mass is 582 g/mol. The van der Waals surface area contributed by atoms with Crippen molar-refractivity contribution in [3.63, 3.8) is 0 Å². The lowest BCUT2D eigenvalue weighted by Gasteiger charge is -2.12. The zero-order valence-corrected chi connectivity index (χ0v) is 24.4. The van der Waals surface area contributed by atoms with Gasteiger partial charge in [0.2, 0.25) is 6.41 Å². The molecule has 3 N–H and O–H groups in total. The Labute approximate surface area is 246 Å². The number of carbonyl (C=O) groups is 1. The predicted octanol–water partition coefficient (Wildman–Crippen LogP) is 3.81. The van der Waals surface area contributed by atoms with Crippen molar-refractivity contribution in [2.45, 2.75) is 19.4 Å². The summed E-state index contributed by atoms with van der Waals surface area (Å²) in [6.45, 7) is 6.78. The van der Waals surface area contributed by atoms with Crippen molar-refractivity contribution in [1.82, 2.24) is 25.5 Å². The van der Waals surface area contributed by atoms with Gasteiger partial charge in [0.05, 0.1) is 30.6 Å². The van der Waals surface area contributed by atoms with Crippen LogP contribution in [0.25, 0.3) is 11.3 Å². The number of aromatic nitrogens is 2. The third-order valence-corrected chi connectivity index (χ3v) is 6.28. The number of rotatable bonds is 8. The van der Waals surface area contributed by atoms with Crippen LogP contribution in [0.4, 0.5) is 14.6 Å². The molecule has 3 heterocycles. The molecule has 0 unspecified atom stereocenters. The number of carbonyl (C=O) groups excluding carboxylic acids is 1. The SMILES string of the molecule is C#C.CNc1c(C)c(C2=CCNCC2)nn1-c1ccccc1.COCCN1C[C@@H](NC=O)CO1.Fc1ccccc1F. The third-order valence-electron chi connectivity index (χ3n) is 6.28. The lowest BCUT2D eigenvalue weighted by Crippen LogP contribution is -2.33. The molecule has 0 spiro atoms. The van der Waals surface area contributed by atoms with Gasteiger partial charge in [-0.2, -0.15) is 10.2 Å². The summed E-state index contributed by atoms with van der Waals surface area (Å²) in [6.07, 6.45) is 12.0. The van der Waals surface area contributed by atoms with Crippen molar-refractivity contribution in [1.29, 1.82) is 0 Å². The predicted molar refractivity (Wildman–Crippen MR) is 162 cm³/mol. The number of hydrogen-bond donors (Lipinski definition) is 3. The van der Waals surface area contributed by atoms with E-state index >= 15 is 0 Å². The normalized spacial score (nSPS) is 15.9. The third kappa shape index (κ3) is 10.4. The molecule has 1 fully saturated rings. The highest BCUT2D eigenvalue weighted by molar-refractivity contribution is 5.71. The van der Waals surface area contributed by atoms with Crippen molar-refractivity contribution in [3.8, 4) is 18.5 Å². The number of halogens is 2. The number of hydroxylamine groups is 2. The molecule has 11 heteroatoms. The van der Waals surface area contributed by atoms with E-state index in [1.807, 2.05) is 29.9 Å². The van der Waals surface area contributed by atoms with E-state index in [1.54, 1.807) is 12.2 Å². The molecule has 1 saturated heterocycles. The van der Waals surface area contributed by atoms with Crippen LogP contribution in [0.3, 0.4) is 0 Å². The largest absolute Gasteiger partial charge is 0.383 e. The van der Waals surface area contributed by atoms with E-state index in [2.05, 4.69) is 53.9 Å². The Morgan fingerprint density at radius 2 is 1.81 bits per heavy atom. The van der Waals surface area contributed by atoms with Gasteiger partial charge in [0.25, 0.3) is 0 Å². The van der Waals surface area contributed by atoms with Crippen molar-refractivity contribution in [3.05, 3.63) is 83.6 Å². The minimum atomic E-state index is -0.799. The molecule has 0 aliphatic carbocycles. The van der Waals surface area contributed by atoms with Crippen LogP contribution in [0.5, 0.6) is 0 Å². The molecule has 2 aromatic carbocycles. The lowest BCUT2D eigenvalue weighted by atomic mass is 10.0. The zero-order valence-electron chi connectivity index (χ0n) is 24.4. The molecule has 5 rings (SSSR count). The fraction of sp³-hybridized carbons (Fsp3) is 0.355. The van der Waals surface area contributed by atoms with Crippen molar-refractivity contribution >= 4 is 17.8 Å². The summed E-state index contributed by atoms with van der Waals surface area (Å²) in [4.78, 5) is 15.3. The number of anilines is 1. The lowest BCUT2D eigenvalue weighted by molar-refractivity contribution is -0.118. The summed E-state index contributed by atoms with van der Waals surface area (Å²) >= 11 is 0. The molecule has 226 valence electrons. The van der Waals surface area contributed by atoms with E-state index in [4.69, 9.17) is 14.7 Å². The van der Waals surface area contributed by atoms with Crippen LogP contribution in [-0.2, 0) is 14.4 Å². The molecule has 42 heavy (non-hydrogen) atoms. The summed E-state index contributed by atoms with van der Waals surface area (Å²) in [5.41, 5.74) is 4.75. The van der Waals surface area contributed by atoms with Gasteiger partial charge in [0.15, 0.2) is 11.6 Å². The Hall–Kier alpha value is -4.08. The average molecular weight is 583 g/mol. The minimum absolute atomic E-state index is 0.124. The molecule has 0 saturated carbocycles. The number of para-hydroxylation sites is 1. The summed E-state index contributed by atoms with van der Waals surface area (Å²) < 4.78 is 30.8. The maximum Gasteiger partial charge on any atom is 0.207 e. The Morgan fingerprint density at radius 1 is 1.14 bits per heavy atom. The van der Waals surface area contributed by atoms with Crippen LogP contribution < -0.4 is 16.0 Å². The van der Waals surface area contributed by atoms with E-state index in [9.17, 15) is 13.6 Å². The fourth-order valence-corrected chi connectivity index (χ4v) is 4.22. The first kappa shape index (κ1) is 34.1. The van der Waals surface area contributed by atoms with E-state index in [-0.39, 0.29) is 6.04 Å². The van der Waals surface area contributed by atoms with Crippen molar-refractivity contribution in [2.75, 3.05) is 58.9 Å². The maximum absolute atomic E-state index is 11.9. The number of hydrogen-bond acceptors (Lipinski definition) is 7. The second-order valence-corrected chi connectivity index (χ2v) is 9.08. The molecule has 2 aliphatic heterocycles. The smallest absolute Gasteiger partial charge is 0.207 e. The van der Waals surface area contributed by atoms with E-state index < -0.39 is 11.6 Å². The topological polar surface area (TPSA) is 92.7 Å². The zero-order chi connectivity index (χ0) is 30.7. The maximum atomic E-state index is 11.9. The second-order valence-electron chi connectivity index (χ2n) is 9.08. The van der Waals surface area contributed by atoms with Crippen molar-refractivity contribution in [2.24, 2.45) is 0 Å². The van der Waals surface area contributed by atoms with Gasteiger partial charge in [0, 0.05) is 39.4 Å². The van der Waals surface area contributed by atoms with Gasteiger partial charge in [-0.15, -0.1) is 12.8 Å². The van der Waals surface area contributed by atoms with Gasteiger partial charge < -0.3 is 20.7 Å². The highest BCUT2D eigenvalue weighted by atomic mass is 19.2. The van der Waals surface area contributed by atoms with Crippen molar-refractivity contribution < 1.29 is 23.1 Å². The molecule has 2 aliphatic rings. The first-order valence-corrected chi connectivity index (χ1v) is 13.5. The number of terminal acetylenes is 1. The molecule has 1 aromatic heterocycles. The summed E-state index contributed by atoms with van der Waals surface area (Å²) in [7, 11) is 3.60. The minimum Gasteiger partial charge on any atom is -0.383 e. The Kier molecular flexibility index (Phi) is 15.5. The molecule has 1 atom stereocenters. The first-order valence-electron chi connectivity index (χ1n) is 13.5. The van der Waals surface area contributed by atoms with Gasteiger partial charge in [-0.3, -0.25) is 9.63 Å². The van der Waals surface area contributed by atoms with Crippen LogP contribution in [0.2, 0.25) is 0 Å². The Morgan fingerprint density at radius 3 is 2.36 bits per heavy atom. The molecular weight excluding hydrogens is 542 g/mol. The number of amides is 1. The fourth-order valence-electron chi connectivity index (χ4n) is 4.22. The number of nitrogens with zero attached hydrogens (tertiary/aromatic N) is 3. The highest BCUT2D eigenvalue weighted by Crippen LogP contribution is 2.29. The standard InChI is InChI=1S/C16H20N4.C7H14N2O3.C6H4F2.C2H2/c1-12-15(13-8-10-18-11-9-13)19-20(16(12)17-2)14-6-4-3-5-7-14;1-11-3-2-9-4-7(5-12-9)8-6-10;7-5-3-1-2-4-6(5)8;1-2/h3-8,17-18H,9-11H2,1-2H3;6-7H,2-5H2,1H3,(H,8,10);1-4H;1-2H/t;7-;;/m.1../s1. The van der Waals surface area contributed by atoms with Gasteiger partial charge >= 0.3 is 0 Å². The van der Waals surface area contributed by atoms with Crippen LogP contribution in [0, 0.1) is 31.4 Å². The number of nitrogens with one attached hydrogen (secondary N) is 3. The van der Waals surface area contributed by atoms with E-state index in [0.29, 0.717) is 19.6 Å². The van der Waals surface area contributed by atoms with Crippen LogP contribution in [0.15, 0.2) is 60.7 Å². The highest BCUT2D eigenvalue weighted by Gasteiger charge is 2.22. The van der Waals surface area contributed by atoms with E-state index in [1.165, 1.54) is 23.3 Å². The quantitative estimate of drug-likeness (QED) is 0.275. The molecule has 3 aromatic rings. The first-order chi connectivity index (χ1) is 20.5. The van der Waals surface area contributed by atoms with Crippen LogP contribution in [0.1, 0.15) is 17.7 Å². The van der Waals surface area contributed by atoms with Gasteiger partial charge in [0.1, 0.15) is 5.82 Å². The molecular formula is C31H40F2N6O3. The number of benzene rings is 2. The van der Waals surface area contributed by atoms with E-state index in [0.717, 1.165) is 61.9 Å². The summed E-state index contributed by atoms with van der Waals surface area (Å²) in [5.74, 6) is -0.536. The summed E-state index contributed by atoms with van der Waals surface area (Å²) in [6, 6.07) is 15.4. The molecule has 0 radical (unpaired) electrons. The summed E-state index contributed by atoms with van der Waals surface area (Å²) in [5, 5.41) is 15.9. The Balaban J connectivity index is 0.000000238. The average Bonchev–Trinajstić information content (AvgIpc) is 3.63. The van der Waals surface area contributed by atoms with Gasteiger partial charge in [-0.25, -0.2) is 13.5 Å². The second kappa shape index (κ2) is 19.1. The number of methoxy groups -OCH3 is 1. The Bertz CT molecular complexity index is 1250. The van der Waals surface area contributed by atoms with Gasteiger partial charge in [-0.05, 0) is 49.7 Å². The molecule has 0 bridgehead atoms. The van der Waals surface area contributed by atoms with Gasteiger partial charge in [-0.1, -0.05) is 36.4 Å².